The van der Waals surface area contributed by atoms with Gasteiger partial charge in [0.05, 0.1) is 13.2 Å². The summed E-state index contributed by atoms with van der Waals surface area (Å²) in [5.74, 6) is 1.58. The maximum atomic E-state index is 11.6. The van der Waals surface area contributed by atoms with Crippen molar-refractivity contribution < 1.29 is 19.5 Å². The number of hydrogen-bond acceptors (Lipinski definition) is 4. The van der Waals surface area contributed by atoms with Gasteiger partial charge >= 0.3 is 6.09 Å². The summed E-state index contributed by atoms with van der Waals surface area (Å²) >= 11 is 0. The zero-order valence-electron chi connectivity index (χ0n) is 15.0. The van der Waals surface area contributed by atoms with Crippen LogP contribution in [0.15, 0.2) is 60.7 Å². The number of aryl methyl sites for hydroxylation is 1. The number of hydroxylamine groups is 2. The minimum absolute atomic E-state index is 0.0220. The fourth-order valence-corrected chi connectivity index (χ4v) is 3.16. The van der Waals surface area contributed by atoms with E-state index in [1.165, 1.54) is 12.7 Å². The first-order valence-electron chi connectivity index (χ1n) is 8.63. The van der Waals surface area contributed by atoms with E-state index >= 15 is 0 Å². The highest BCUT2D eigenvalue weighted by atomic mass is 16.6. The molecule has 5 nitrogen and oxygen atoms in total. The van der Waals surface area contributed by atoms with Crippen LogP contribution < -0.4 is 4.74 Å². The molecule has 3 rings (SSSR count). The number of benzene rings is 2. The molecule has 0 aromatic heterocycles. The number of hydrogen-bond donors (Lipinski definition) is 1. The zero-order chi connectivity index (χ0) is 18.5. The molecule has 0 saturated heterocycles. The highest BCUT2D eigenvalue weighted by Gasteiger charge is 2.31. The number of rotatable bonds is 5. The van der Waals surface area contributed by atoms with Crippen LogP contribution in [0.25, 0.3) is 0 Å². The molecule has 2 atom stereocenters. The minimum atomic E-state index is -0.736. The second-order valence-electron chi connectivity index (χ2n) is 6.48. The van der Waals surface area contributed by atoms with E-state index in [9.17, 15) is 10.0 Å². The van der Waals surface area contributed by atoms with E-state index in [4.69, 9.17) is 4.74 Å². The summed E-state index contributed by atoms with van der Waals surface area (Å²) in [5.41, 5.74) is 2.26. The third-order valence-corrected chi connectivity index (χ3v) is 4.56. The van der Waals surface area contributed by atoms with Crippen molar-refractivity contribution in [2.45, 2.75) is 25.8 Å². The van der Waals surface area contributed by atoms with Crippen molar-refractivity contribution in [1.29, 1.82) is 0 Å². The lowest BCUT2D eigenvalue weighted by atomic mass is 9.94. The van der Waals surface area contributed by atoms with Crippen molar-refractivity contribution in [2.24, 2.45) is 5.92 Å². The molecule has 0 radical (unpaired) electrons. The van der Waals surface area contributed by atoms with Gasteiger partial charge in [0.1, 0.15) is 11.5 Å². The van der Waals surface area contributed by atoms with Gasteiger partial charge in [-0.05, 0) is 49.6 Å². The lowest BCUT2D eigenvalue weighted by Gasteiger charge is -2.26. The summed E-state index contributed by atoms with van der Waals surface area (Å²) in [6.45, 7) is 2.04. The van der Waals surface area contributed by atoms with Crippen LogP contribution in [0.5, 0.6) is 11.5 Å². The van der Waals surface area contributed by atoms with Gasteiger partial charge in [-0.15, -0.1) is 0 Å². The predicted molar refractivity (Wildman–Crippen MR) is 98.5 cm³/mol. The fourth-order valence-electron chi connectivity index (χ4n) is 3.16. The Hall–Kier alpha value is -2.79. The lowest BCUT2D eigenvalue weighted by molar-refractivity contribution is -0.107. The average Bonchev–Trinajstić information content (AvgIpc) is 3.10. The van der Waals surface area contributed by atoms with E-state index in [1.54, 1.807) is 0 Å². The third kappa shape index (κ3) is 4.24. The van der Waals surface area contributed by atoms with E-state index < -0.39 is 6.09 Å². The Morgan fingerprint density at radius 3 is 2.69 bits per heavy atom. The van der Waals surface area contributed by atoms with Crippen LogP contribution in [0.2, 0.25) is 0 Å². The summed E-state index contributed by atoms with van der Waals surface area (Å²) in [7, 11) is 1.26. The quantitative estimate of drug-likeness (QED) is 0.479. The number of amides is 1. The molecule has 0 unspecified atom stereocenters. The summed E-state index contributed by atoms with van der Waals surface area (Å²) in [4.78, 5) is 11.6. The molecule has 0 spiro atoms. The van der Waals surface area contributed by atoms with Crippen LogP contribution in [-0.2, 0) is 11.2 Å². The molecule has 1 N–H and O–H groups in total. The van der Waals surface area contributed by atoms with E-state index in [2.05, 4.69) is 4.74 Å². The number of carbonyl (C=O) groups is 1. The lowest BCUT2D eigenvalue weighted by Crippen LogP contribution is -2.40. The number of carbonyl (C=O) groups excluding carboxylic acids is 1. The normalized spacial score (nSPS) is 18.6. The highest BCUT2D eigenvalue weighted by molar-refractivity contribution is 5.66. The van der Waals surface area contributed by atoms with Crippen LogP contribution >= 0.6 is 0 Å². The fraction of sp³-hybridized carbons (Fsp3) is 0.286. The van der Waals surface area contributed by atoms with Gasteiger partial charge in [0.2, 0.25) is 0 Å². The van der Waals surface area contributed by atoms with Gasteiger partial charge in [-0.2, -0.15) is 5.06 Å². The Bertz CT molecular complexity index is 785. The van der Waals surface area contributed by atoms with Crippen molar-refractivity contribution in [2.75, 3.05) is 7.11 Å². The van der Waals surface area contributed by atoms with Gasteiger partial charge in [0.15, 0.2) is 0 Å². The molecule has 1 aliphatic carbocycles. The van der Waals surface area contributed by atoms with Crippen LogP contribution in [0.4, 0.5) is 4.79 Å². The molecule has 1 aliphatic rings. The largest absolute Gasteiger partial charge is 0.457 e. The van der Waals surface area contributed by atoms with E-state index in [-0.39, 0.29) is 12.0 Å². The molecule has 2 aromatic carbocycles. The first kappa shape index (κ1) is 18.0. The molecule has 0 heterocycles. The van der Waals surface area contributed by atoms with Gasteiger partial charge < -0.3 is 9.47 Å². The summed E-state index contributed by atoms with van der Waals surface area (Å²) < 4.78 is 10.5. The topological polar surface area (TPSA) is 59.0 Å². The second-order valence-corrected chi connectivity index (χ2v) is 6.48. The molecular weight excluding hydrogens is 330 g/mol. The van der Waals surface area contributed by atoms with E-state index in [1.807, 2.05) is 67.6 Å². The number of methoxy groups -OCH3 is 1. The maximum absolute atomic E-state index is 11.6. The minimum Gasteiger partial charge on any atom is -0.457 e. The molecule has 2 aromatic rings. The van der Waals surface area contributed by atoms with Crippen molar-refractivity contribution in [3.63, 3.8) is 0 Å². The molecule has 136 valence electrons. The smallest absolute Gasteiger partial charge is 0.433 e. The molecule has 1 amide bonds. The van der Waals surface area contributed by atoms with Gasteiger partial charge in [0.25, 0.3) is 0 Å². The Balaban J connectivity index is 1.69. The molecule has 0 aliphatic heterocycles. The molecule has 0 bridgehead atoms. The highest BCUT2D eigenvalue weighted by Crippen LogP contribution is 2.29. The van der Waals surface area contributed by atoms with Gasteiger partial charge in [-0.25, -0.2) is 4.79 Å². The zero-order valence-corrected chi connectivity index (χ0v) is 15.0. The van der Waals surface area contributed by atoms with Crippen LogP contribution in [0.3, 0.4) is 0 Å². The van der Waals surface area contributed by atoms with Crippen molar-refractivity contribution >= 4 is 6.09 Å². The Labute approximate surface area is 153 Å². The maximum Gasteiger partial charge on any atom is 0.433 e. The number of ether oxygens (including phenoxy) is 2. The first-order chi connectivity index (χ1) is 12.6. The third-order valence-electron chi connectivity index (χ3n) is 4.56. The van der Waals surface area contributed by atoms with Crippen LogP contribution in [0.1, 0.15) is 17.5 Å². The molecule has 0 saturated carbocycles. The molecule has 5 heteroatoms. The Morgan fingerprint density at radius 2 is 1.96 bits per heavy atom. The van der Waals surface area contributed by atoms with Crippen LogP contribution in [0, 0.1) is 12.8 Å². The summed E-state index contributed by atoms with van der Waals surface area (Å²) in [6, 6.07) is 15.5. The van der Waals surface area contributed by atoms with Crippen molar-refractivity contribution in [3.8, 4) is 11.5 Å². The second kappa shape index (κ2) is 8.06. The molecule has 0 fully saturated rings. The Kier molecular flexibility index (Phi) is 5.58. The van der Waals surface area contributed by atoms with E-state index in [0.717, 1.165) is 17.1 Å². The van der Waals surface area contributed by atoms with E-state index in [0.29, 0.717) is 17.9 Å². The number of nitrogens with zero attached hydrogens (tertiary/aromatic N) is 1. The predicted octanol–water partition coefficient (Wildman–Crippen LogP) is 4.73. The molecule has 26 heavy (non-hydrogen) atoms. The standard InChI is InChI=1S/C21H23NO4/c1-15-9-11-18(12-10-15)26-19-7-3-5-16(14-19)13-17-6-4-8-20(17)22(24)21(23)25-2/h3-7,9-12,14,17,20,24H,8,13H2,1-2H3/t17-,20+/m1/s1. The van der Waals surface area contributed by atoms with Gasteiger partial charge in [0, 0.05) is 5.92 Å². The summed E-state index contributed by atoms with van der Waals surface area (Å²) in [5, 5.41) is 10.7. The van der Waals surface area contributed by atoms with Gasteiger partial charge in [-0.3, -0.25) is 5.21 Å². The molecular formula is C21H23NO4. The Morgan fingerprint density at radius 1 is 1.19 bits per heavy atom. The monoisotopic (exact) mass is 353 g/mol. The van der Waals surface area contributed by atoms with Gasteiger partial charge in [-0.1, -0.05) is 42.0 Å². The van der Waals surface area contributed by atoms with Crippen molar-refractivity contribution in [1.82, 2.24) is 5.06 Å². The first-order valence-corrected chi connectivity index (χ1v) is 8.63. The van der Waals surface area contributed by atoms with Crippen molar-refractivity contribution in [3.05, 3.63) is 71.8 Å². The summed E-state index contributed by atoms with van der Waals surface area (Å²) in [6.07, 6.45) is 4.58. The SMILES string of the molecule is COC(=O)N(O)[C@H]1CC=C[C@@H]1Cc1cccc(Oc2ccc(C)cc2)c1. The average molecular weight is 353 g/mol. The van der Waals surface area contributed by atoms with Crippen LogP contribution in [-0.4, -0.2) is 29.5 Å².